The van der Waals surface area contributed by atoms with Gasteiger partial charge in [-0.15, -0.1) is 0 Å². The predicted octanol–water partition coefficient (Wildman–Crippen LogP) is -0.541. The molecule has 1 unspecified atom stereocenters. The molecule has 0 amide bonds. The molecule has 0 aliphatic heterocycles. The molecule has 1 rings (SSSR count). The minimum Gasteiger partial charge on any atom is -0.461 e. The van der Waals surface area contributed by atoms with Crippen molar-refractivity contribution in [2.24, 2.45) is 12.8 Å². The molecule has 16 heavy (non-hydrogen) atoms. The molecule has 0 spiro atoms. The van der Waals surface area contributed by atoms with E-state index in [-0.39, 0.29) is 12.2 Å². The molecule has 0 saturated carbocycles. The van der Waals surface area contributed by atoms with Crippen LogP contribution in [0.3, 0.4) is 0 Å². The molecule has 0 fully saturated rings. The first-order chi connectivity index (χ1) is 7.58. The lowest BCUT2D eigenvalue weighted by Gasteiger charge is -2.06. The summed E-state index contributed by atoms with van der Waals surface area (Å²) in [6.45, 7) is 2.18. The Bertz CT molecular complexity index is 362. The van der Waals surface area contributed by atoms with E-state index in [1.807, 2.05) is 0 Å². The maximum absolute atomic E-state index is 11.5. The van der Waals surface area contributed by atoms with Gasteiger partial charge in [0.05, 0.1) is 12.7 Å². The molecular weight excluding hydrogens is 210 g/mol. The number of hydrogen-bond acceptors (Lipinski definition) is 5. The lowest BCUT2D eigenvalue weighted by molar-refractivity contribution is 0.0516. The molecule has 0 aliphatic carbocycles. The number of carbonyl (C=O) groups is 1. The van der Waals surface area contributed by atoms with Crippen LogP contribution >= 0.6 is 0 Å². The molecule has 6 nitrogen and oxygen atoms in total. The molecule has 1 atom stereocenters. The minimum atomic E-state index is -0.669. The van der Waals surface area contributed by atoms with Crippen LogP contribution in [0.5, 0.6) is 0 Å². The van der Waals surface area contributed by atoms with Crippen molar-refractivity contribution < 1.29 is 14.6 Å². The third-order valence-corrected chi connectivity index (χ3v) is 2.10. The Hall–Kier alpha value is -1.40. The topological polar surface area (TPSA) is 90.4 Å². The number of aliphatic hydroxyl groups excluding tert-OH is 1. The molecule has 1 aromatic rings. The van der Waals surface area contributed by atoms with Crippen molar-refractivity contribution in [1.82, 2.24) is 9.78 Å². The molecule has 0 bridgehead atoms. The summed E-state index contributed by atoms with van der Waals surface area (Å²) < 4.78 is 6.39. The Labute approximate surface area is 94.0 Å². The van der Waals surface area contributed by atoms with E-state index in [0.29, 0.717) is 18.6 Å². The molecule has 90 valence electrons. The van der Waals surface area contributed by atoms with Gasteiger partial charge in [-0.25, -0.2) is 4.79 Å². The summed E-state index contributed by atoms with van der Waals surface area (Å²) >= 11 is 0. The van der Waals surface area contributed by atoms with Crippen LogP contribution < -0.4 is 5.73 Å². The monoisotopic (exact) mass is 227 g/mol. The van der Waals surface area contributed by atoms with Gasteiger partial charge < -0.3 is 15.6 Å². The number of aryl methyl sites for hydroxylation is 1. The lowest BCUT2D eigenvalue weighted by atomic mass is 10.1. The number of aromatic nitrogens is 2. The molecule has 0 aromatic carbocycles. The second kappa shape index (κ2) is 5.62. The van der Waals surface area contributed by atoms with E-state index < -0.39 is 12.1 Å². The summed E-state index contributed by atoms with van der Waals surface area (Å²) in [5.74, 6) is -0.470. The van der Waals surface area contributed by atoms with Gasteiger partial charge in [-0.3, -0.25) is 4.68 Å². The van der Waals surface area contributed by atoms with Crippen LogP contribution in [0.15, 0.2) is 6.20 Å². The molecule has 1 heterocycles. The average Bonchev–Trinajstić information content (AvgIpc) is 2.59. The Morgan fingerprint density at radius 1 is 1.75 bits per heavy atom. The van der Waals surface area contributed by atoms with Gasteiger partial charge in [0.1, 0.15) is 0 Å². The van der Waals surface area contributed by atoms with Crippen molar-refractivity contribution in [3.63, 3.8) is 0 Å². The van der Waals surface area contributed by atoms with Crippen LogP contribution in [-0.4, -0.2) is 40.1 Å². The van der Waals surface area contributed by atoms with Gasteiger partial charge in [-0.05, 0) is 6.92 Å². The highest BCUT2D eigenvalue weighted by Crippen LogP contribution is 2.10. The first kappa shape index (κ1) is 12.7. The van der Waals surface area contributed by atoms with Gasteiger partial charge in [0.25, 0.3) is 0 Å². The fourth-order valence-electron chi connectivity index (χ4n) is 1.40. The smallest absolute Gasteiger partial charge is 0.359 e. The molecule has 0 radical (unpaired) electrons. The summed E-state index contributed by atoms with van der Waals surface area (Å²) in [5.41, 5.74) is 6.22. The van der Waals surface area contributed by atoms with E-state index in [0.717, 1.165) is 0 Å². The Morgan fingerprint density at radius 2 is 2.44 bits per heavy atom. The largest absolute Gasteiger partial charge is 0.461 e. The standard InChI is InChI=1S/C10H17N3O3/c1-3-16-10(15)9-7(4-8(14)5-11)6-13(2)12-9/h6,8,14H,3-5,11H2,1-2H3. The Morgan fingerprint density at radius 3 is 3.00 bits per heavy atom. The van der Waals surface area contributed by atoms with E-state index in [1.54, 1.807) is 20.2 Å². The molecule has 1 aromatic heterocycles. The van der Waals surface area contributed by atoms with Crippen molar-refractivity contribution in [2.75, 3.05) is 13.2 Å². The lowest BCUT2D eigenvalue weighted by Crippen LogP contribution is -2.23. The SMILES string of the molecule is CCOC(=O)c1nn(C)cc1CC(O)CN. The van der Waals surface area contributed by atoms with Crippen molar-refractivity contribution >= 4 is 5.97 Å². The summed E-state index contributed by atoms with van der Waals surface area (Å²) in [5, 5.41) is 13.4. The second-order valence-corrected chi connectivity index (χ2v) is 3.49. The van der Waals surface area contributed by atoms with E-state index >= 15 is 0 Å². The molecular formula is C10H17N3O3. The van der Waals surface area contributed by atoms with Gasteiger partial charge >= 0.3 is 5.97 Å². The highest BCUT2D eigenvalue weighted by atomic mass is 16.5. The van der Waals surface area contributed by atoms with Gasteiger partial charge in [0, 0.05) is 31.8 Å². The predicted molar refractivity (Wildman–Crippen MR) is 57.9 cm³/mol. The van der Waals surface area contributed by atoms with Gasteiger partial charge in [0.2, 0.25) is 0 Å². The maximum Gasteiger partial charge on any atom is 0.359 e. The van der Waals surface area contributed by atoms with Crippen LogP contribution in [0, 0.1) is 0 Å². The van der Waals surface area contributed by atoms with E-state index in [1.165, 1.54) is 4.68 Å². The quantitative estimate of drug-likeness (QED) is 0.659. The fraction of sp³-hybridized carbons (Fsp3) is 0.600. The molecule has 3 N–H and O–H groups in total. The number of esters is 1. The zero-order valence-corrected chi connectivity index (χ0v) is 9.51. The first-order valence-electron chi connectivity index (χ1n) is 5.16. The van der Waals surface area contributed by atoms with Crippen LogP contribution in [0.2, 0.25) is 0 Å². The second-order valence-electron chi connectivity index (χ2n) is 3.49. The van der Waals surface area contributed by atoms with E-state index in [4.69, 9.17) is 10.5 Å². The highest BCUT2D eigenvalue weighted by Gasteiger charge is 2.18. The maximum atomic E-state index is 11.5. The highest BCUT2D eigenvalue weighted by molar-refractivity contribution is 5.88. The number of carbonyl (C=O) groups excluding carboxylic acids is 1. The average molecular weight is 227 g/mol. The van der Waals surface area contributed by atoms with E-state index in [2.05, 4.69) is 5.10 Å². The van der Waals surface area contributed by atoms with Crippen LogP contribution in [0.1, 0.15) is 23.0 Å². The van der Waals surface area contributed by atoms with Crippen molar-refractivity contribution in [3.8, 4) is 0 Å². The zero-order valence-electron chi connectivity index (χ0n) is 9.51. The van der Waals surface area contributed by atoms with Crippen molar-refractivity contribution in [3.05, 3.63) is 17.5 Å². The van der Waals surface area contributed by atoms with Crippen LogP contribution in [0.25, 0.3) is 0 Å². The van der Waals surface area contributed by atoms with Crippen molar-refractivity contribution in [1.29, 1.82) is 0 Å². The van der Waals surface area contributed by atoms with Crippen LogP contribution in [0.4, 0.5) is 0 Å². The number of rotatable bonds is 5. The number of ether oxygens (including phenoxy) is 1. The Kier molecular flexibility index (Phi) is 4.45. The normalized spacial score (nSPS) is 12.5. The molecule has 0 aliphatic rings. The molecule has 0 saturated heterocycles. The van der Waals surface area contributed by atoms with Gasteiger partial charge in [-0.2, -0.15) is 5.10 Å². The van der Waals surface area contributed by atoms with Gasteiger partial charge in [0.15, 0.2) is 5.69 Å². The third-order valence-electron chi connectivity index (χ3n) is 2.10. The summed E-state index contributed by atoms with van der Waals surface area (Å²) in [7, 11) is 1.71. The summed E-state index contributed by atoms with van der Waals surface area (Å²) in [6, 6.07) is 0. The summed E-state index contributed by atoms with van der Waals surface area (Å²) in [4.78, 5) is 11.5. The van der Waals surface area contributed by atoms with Gasteiger partial charge in [-0.1, -0.05) is 0 Å². The number of nitrogens with zero attached hydrogens (tertiary/aromatic N) is 2. The molecule has 6 heteroatoms. The minimum absolute atomic E-state index is 0.150. The summed E-state index contributed by atoms with van der Waals surface area (Å²) in [6.07, 6.45) is 1.32. The van der Waals surface area contributed by atoms with E-state index in [9.17, 15) is 9.90 Å². The first-order valence-corrected chi connectivity index (χ1v) is 5.16. The van der Waals surface area contributed by atoms with Crippen molar-refractivity contribution in [2.45, 2.75) is 19.4 Å². The van der Waals surface area contributed by atoms with Crippen LogP contribution in [-0.2, 0) is 18.2 Å². The fourth-order valence-corrected chi connectivity index (χ4v) is 1.40. The number of nitrogens with two attached hydrogens (primary N) is 1. The zero-order chi connectivity index (χ0) is 12.1. The Balaban J connectivity index is 2.86. The third kappa shape index (κ3) is 3.04. The number of hydrogen-bond donors (Lipinski definition) is 2. The number of aliphatic hydroxyl groups is 1.